The Labute approximate surface area is 127 Å². The summed E-state index contributed by atoms with van der Waals surface area (Å²) >= 11 is 2.61. The minimum atomic E-state index is -1.61. The van der Waals surface area contributed by atoms with Crippen LogP contribution in [0.25, 0.3) is 0 Å². The molecule has 3 nitrogen and oxygen atoms in total. The lowest BCUT2D eigenvalue weighted by molar-refractivity contribution is -0.115. The number of rotatable bonds is 4. The summed E-state index contributed by atoms with van der Waals surface area (Å²) in [6.07, 6.45) is 0. The van der Waals surface area contributed by atoms with Crippen LogP contribution in [0.4, 0.5) is 18.9 Å². The van der Waals surface area contributed by atoms with Gasteiger partial charge in [0.25, 0.3) is 0 Å². The van der Waals surface area contributed by atoms with Crippen molar-refractivity contribution < 1.29 is 18.0 Å². The third-order valence-corrected chi connectivity index (χ3v) is 4.73. The normalized spacial score (nSPS) is 12.2. The second-order valence-electron chi connectivity index (χ2n) is 4.23. The van der Waals surface area contributed by atoms with E-state index in [1.807, 2.05) is 12.3 Å². The molecule has 8 heteroatoms. The molecule has 0 fully saturated rings. The van der Waals surface area contributed by atoms with Crippen molar-refractivity contribution in [2.75, 3.05) is 5.32 Å². The van der Waals surface area contributed by atoms with Crippen LogP contribution < -0.4 is 5.32 Å². The number of carbonyl (C=O) groups is 1. The Kier molecular flexibility index (Phi) is 4.89. The number of nitrogens with zero attached hydrogens (tertiary/aromatic N) is 1. The fourth-order valence-electron chi connectivity index (χ4n) is 1.45. The molecule has 1 atom stereocenters. The van der Waals surface area contributed by atoms with Gasteiger partial charge in [-0.05, 0) is 26.0 Å². The Morgan fingerprint density at radius 1 is 1.33 bits per heavy atom. The van der Waals surface area contributed by atoms with E-state index < -0.39 is 28.6 Å². The van der Waals surface area contributed by atoms with Crippen LogP contribution in [0.15, 0.2) is 21.9 Å². The zero-order valence-electron chi connectivity index (χ0n) is 11.1. The fourth-order valence-corrected chi connectivity index (χ4v) is 3.43. The van der Waals surface area contributed by atoms with Crippen molar-refractivity contribution in [1.29, 1.82) is 0 Å². The highest BCUT2D eigenvalue weighted by molar-refractivity contribution is 8.02. The zero-order chi connectivity index (χ0) is 15.6. The lowest BCUT2D eigenvalue weighted by atomic mass is 10.2. The van der Waals surface area contributed by atoms with Crippen LogP contribution in [-0.4, -0.2) is 16.1 Å². The number of anilines is 1. The standard InChI is InChI=1S/C13H11F3N2OS2/c1-6-5-20-13(17-6)21-7(2)12(19)18-9-4-3-8(14)10(15)11(9)16/h3-5,7H,1-2H3,(H,18,19)/t7-/m1/s1. The van der Waals surface area contributed by atoms with Gasteiger partial charge < -0.3 is 5.32 Å². The molecule has 0 aliphatic rings. The molecule has 0 spiro atoms. The highest BCUT2D eigenvalue weighted by Crippen LogP contribution is 2.28. The number of carbonyl (C=O) groups excluding carboxylic acids is 1. The van der Waals surface area contributed by atoms with Gasteiger partial charge >= 0.3 is 0 Å². The van der Waals surface area contributed by atoms with E-state index in [4.69, 9.17) is 0 Å². The lowest BCUT2D eigenvalue weighted by Crippen LogP contribution is -2.23. The molecular weight excluding hydrogens is 321 g/mol. The summed E-state index contributed by atoms with van der Waals surface area (Å²) in [5.41, 5.74) is 0.462. The summed E-state index contributed by atoms with van der Waals surface area (Å²) in [5.74, 6) is -4.83. The highest BCUT2D eigenvalue weighted by atomic mass is 32.2. The van der Waals surface area contributed by atoms with E-state index in [-0.39, 0.29) is 5.69 Å². The van der Waals surface area contributed by atoms with Crippen molar-refractivity contribution in [3.8, 4) is 0 Å². The number of thiazole rings is 1. The van der Waals surface area contributed by atoms with E-state index in [1.54, 1.807) is 6.92 Å². The van der Waals surface area contributed by atoms with Crippen molar-refractivity contribution in [2.45, 2.75) is 23.4 Å². The van der Waals surface area contributed by atoms with Crippen LogP contribution in [0.2, 0.25) is 0 Å². The number of nitrogens with one attached hydrogen (secondary N) is 1. The lowest BCUT2D eigenvalue weighted by Gasteiger charge is -2.11. The van der Waals surface area contributed by atoms with Crippen molar-refractivity contribution >= 4 is 34.7 Å². The van der Waals surface area contributed by atoms with Gasteiger partial charge in [-0.3, -0.25) is 4.79 Å². The van der Waals surface area contributed by atoms with Gasteiger partial charge in [0.05, 0.1) is 10.9 Å². The average molecular weight is 332 g/mol. The second kappa shape index (κ2) is 6.48. The van der Waals surface area contributed by atoms with E-state index in [0.717, 1.165) is 17.8 Å². The highest BCUT2D eigenvalue weighted by Gasteiger charge is 2.20. The number of thioether (sulfide) groups is 1. The molecule has 0 aliphatic heterocycles. The first-order chi connectivity index (χ1) is 9.88. The quantitative estimate of drug-likeness (QED) is 0.680. The number of halogens is 3. The second-order valence-corrected chi connectivity index (χ2v) is 6.67. The molecule has 1 aromatic carbocycles. The summed E-state index contributed by atoms with van der Waals surface area (Å²) in [6, 6.07) is 1.74. The molecule has 0 saturated heterocycles. The largest absolute Gasteiger partial charge is 0.323 e. The average Bonchev–Trinajstić information content (AvgIpc) is 2.84. The monoisotopic (exact) mass is 332 g/mol. The van der Waals surface area contributed by atoms with E-state index in [1.165, 1.54) is 23.1 Å². The number of benzene rings is 1. The maximum atomic E-state index is 13.5. The molecule has 0 radical (unpaired) electrons. The molecular formula is C13H11F3N2OS2. The summed E-state index contributed by atoms with van der Waals surface area (Å²) in [4.78, 5) is 16.1. The van der Waals surface area contributed by atoms with Gasteiger partial charge in [-0.1, -0.05) is 11.8 Å². The third kappa shape index (κ3) is 3.76. The summed E-state index contributed by atoms with van der Waals surface area (Å²) in [5, 5.41) is 3.54. The predicted octanol–water partition coefficient (Wildman–Crippen LogP) is 3.99. The molecule has 1 amide bonds. The molecule has 112 valence electrons. The van der Waals surface area contributed by atoms with Crippen molar-refractivity contribution in [2.24, 2.45) is 0 Å². The Hall–Kier alpha value is -1.54. The summed E-state index contributed by atoms with van der Waals surface area (Å²) in [6.45, 7) is 3.45. The maximum absolute atomic E-state index is 13.5. The van der Waals surface area contributed by atoms with Gasteiger partial charge in [0.1, 0.15) is 0 Å². The summed E-state index contributed by atoms with van der Waals surface area (Å²) < 4.78 is 40.1. The molecule has 0 aliphatic carbocycles. The number of amides is 1. The molecule has 2 rings (SSSR count). The van der Waals surface area contributed by atoms with Crippen LogP contribution in [0.1, 0.15) is 12.6 Å². The van der Waals surface area contributed by atoms with E-state index in [9.17, 15) is 18.0 Å². The third-order valence-electron chi connectivity index (χ3n) is 2.54. The minimum absolute atomic E-state index is 0.387. The Morgan fingerprint density at radius 2 is 2.05 bits per heavy atom. The van der Waals surface area contributed by atoms with Gasteiger partial charge in [-0.25, -0.2) is 18.2 Å². The topological polar surface area (TPSA) is 42.0 Å². The first-order valence-electron chi connectivity index (χ1n) is 5.91. The zero-order valence-corrected chi connectivity index (χ0v) is 12.7. The molecule has 1 heterocycles. The van der Waals surface area contributed by atoms with Gasteiger partial charge in [0.2, 0.25) is 5.91 Å². The van der Waals surface area contributed by atoms with Crippen LogP contribution in [0.3, 0.4) is 0 Å². The molecule has 0 saturated carbocycles. The molecule has 0 bridgehead atoms. The van der Waals surface area contributed by atoms with Crippen LogP contribution in [-0.2, 0) is 4.79 Å². The molecule has 1 N–H and O–H groups in total. The molecule has 1 aromatic heterocycles. The van der Waals surface area contributed by atoms with E-state index >= 15 is 0 Å². The number of aryl methyl sites for hydroxylation is 1. The molecule has 2 aromatic rings. The van der Waals surface area contributed by atoms with E-state index in [0.29, 0.717) is 4.34 Å². The first-order valence-corrected chi connectivity index (χ1v) is 7.67. The van der Waals surface area contributed by atoms with Crippen molar-refractivity contribution in [1.82, 2.24) is 4.98 Å². The number of hydrogen-bond donors (Lipinski definition) is 1. The van der Waals surface area contributed by atoms with Crippen LogP contribution in [0.5, 0.6) is 0 Å². The predicted molar refractivity (Wildman–Crippen MR) is 77.1 cm³/mol. The molecule has 21 heavy (non-hydrogen) atoms. The van der Waals surface area contributed by atoms with Gasteiger partial charge in [0.15, 0.2) is 21.8 Å². The van der Waals surface area contributed by atoms with Crippen molar-refractivity contribution in [3.63, 3.8) is 0 Å². The smallest absolute Gasteiger partial charge is 0.237 e. The molecule has 0 unspecified atom stereocenters. The Bertz CT molecular complexity index is 675. The maximum Gasteiger partial charge on any atom is 0.237 e. The fraction of sp³-hybridized carbons (Fsp3) is 0.231. The van der Waals surface area contributed by atoms with Gasteiger partial charge in [0, 0.05) is 11.1 Å². The van der Waals surface area contributed by atoms with Crippen LogP contribution >= 0.6 is 23.1 Å². The van der Waals surface area contributed by atoms with Gasteiger partial charge in [-0.15, -0.1) is 11.3 Å². The van der Waals surface area contributed by atoms with Crippen molar-refractivity contribution in [3.05, 3.63) is 40.7 Å². The first kappa shape index (κ1) is 15.8. The van der Waals surface area contributed by atoms with E-state index in [2.05, 4.69) is 10.3 Å². The number of hydrogen-bond acceptors (Lipinski definition) is 4. The van der Waals surface area contributed by atoms with Gasteiger partial charge in [-0.2, -0.15) is 0 Å². The Morgan fingerprint density at radius 3 is 2.67 bits per heavy atom. The Balaban J connectivity index is 2.05. The summed E-state index contributed by atoms with van der Waals surface area (Å²) in [7, 11) is 0. The number of aromatic nitrogens is 1. The minimum Gasteiger partial charge on any atom is -0.323 e. The van der Waals surface area contributed by atoms with Crippen LogP contribution in [0, 0.1) is 24.4 Å². The SMILES string of the molecule is Cc1csc(S[C@H](C)C(=O)Nc2ccc(F)c(F)c2F)n1.